The van der Waals surface area contributed by atoms with Crippen molar-refractivity contribution in [3.05, 3.63) is 0 Å². The molecule has 0 saturated carbocycles. The maximum Gasteiger partial charge on any atom is 0.305 e. The van der Waals surface area contributed by atoms with Crippen molar-refractivity contribution in [1.29, 1.82) is 0 Å². The van der Waals surface area contributed by atoms with Gasteiger partial charge < -0.3 is 14.0 Å². The molecule has 0 aliphatic carbocycles. The second-order valence-electron chi connectivity index (χ2n) is 3.26. The van der Waals surface area contributed by atoms with Gasteiger partial charge in [-0.15, -0.1) is 0 Å². The van der Waals surface area contributed by atoms with Crippen molar-refractivity contribution in [2.45, 2.75) is 32.6 Å². The molecule has 0 aliphatic rings. The van der Waals surface area contributed by atoms with Crippen LogP contribution in [0.2, 0.25) is 0 Å². The third-order valence-corrected chi connectivity index (χ3v) is 2.43. The van der Waals surface area contributed by atoms with E-state index in [1.165, 1.54) is 0 Å². The van der Waals surface area contributed by atoms with Gasteiger partial charge in [0.25, 0.3) is 0 Å². The lowest BCUT2D eigenvalue weighted by Gasteiger charge is -2.04. The van der Waals surface area contributed by atoms with Gasteiger partial charge in [0.2, 0.25) is 0 Å². The molecule has 0 aromatic rings. The fourth-order valence-electron chi connectivity index (χ4n) is 1.05. The molecule has 0 spiro atoms. The van der Waals surface area contributed by atoms with Gasteiger partial charge in [-0.25, -0.2) is 4.21 Å². The van der Waals surface area contributed by atoms with Crippen LogP contribution in [0.3, 0.4) is 0 Å². The Morgan fingerprint density at radius 3 is 2.29 bits per heavy atom. The van der Waals surface area contributed by atoms with Crippen LogP contribution in [0.5, 0.6) is 0 Å². The molecule has 1 N–H and O–H groups in total. The second-order valence-corrected chi connectivity index (χ2v) is 4.31. The van der Waals surface area contributed by atoms with Crippen LogP contribution >= 0.6 is 0 Å². The third kappa shape index (κ3) is 11.3. The van der Waals surface area contributed by atoms with Gasteiger partial charge in [0.05, 0.1) is 13.2 Å². The van der Waals surface area contributed by atoms with Crippen molar-refractivity contribution in [3.63, 3.8) is 0 Å². The van der Waals surface area contributed by atoms with Gasteiger partial charge in [0, 0.05) is 18.6 Å². The van der Waals surface area contributed by atoms with Crippen molar-refractivity contribution < 1.29 is 27.8 Å². The lowest BCUT2D eigenvalue weighted by atomic mass is 10.3. The second kappa shape index (κ2) is 10.2. The number of carbonyl (C=O) groups is 2. The monoisotopic (exact) mass is 266 g/mol. The minimum atomic E-state index is -1.87. The van der Waals surface area contributed by atoms with E-state index in [0.717, 1.165) is 0 Å². The van der Waals surface area contributed by atoms with E-state index in [-0.39, 0.29) is 31.2 Å². The molecule has 100 valence electrons. The smallest absolute Gasteiger partial charge is 0.305 e. The summed E-state index contributed by atoms with van der Waals surface area (Å²) < 4.78 is 28.3. The summed E-state index contributed by atoms with van der Waals surface area (Å²) in [6.45, 7) is 2.24. The Balaban J connectivity index is 3.39. The molecule has 6 nitrogen and oxygen atoms in total. The standard InChI is InChI=1S/C10H18O6S/c1-2-15-9(11)5-3-7-16-10(12)6-4-8-17(13)14/h2-8H2,1H3,(H,13,14). The number of esters is 2. The molecule has 1 atom stereocenters. The molecule has 17 heavy (non-hydrogen) atoms. The van der Waals surface area contributed by atoms with Crippen LogP contribution in [0.25, 0.3) is 0 Å². The first kappa shape index (κ1) is 16.1. The number of hydrogen-bond acceptors (Lipinski definition) is 5. The van der Waals surface area contributed by atoms with Crippen LogP contribution in [-0.2, 0) is 30.1 Å². The summed E-state index contributed by atoms with van der Waals surface area (Å²) in [5, 5.41) is 0. The average molecular weight is 266 g/mol. The third-order valence-electron chi connectivity index (χ3n) is 1.79. The predicted octanol–water partition coefficient (Wildman–Crippen LogP) is 0.875. The van der Waals surface area contributed by atoms with Gasteiger partial charge in [-0.05, 0) is 19.8 Å². The van der Waals surface area contributed by atoms with Crippen LogP contribution in [0.1, 0.15) is 32.6 Å². The molecule has 0 bridgehead atoms. The average Bonchev–Trinajstić information content (AvgIpc) is 2.24. The zero-order valence-electron chi connectivity index (χ0n) is 9.85. The van der Waals surface area contributed by atoms with Crippen molar-refractivity contribution in [3.8, 4) is 0 Å². The molecule has 0 saturated heterocycles. The molecule has 1 unspecified atom stereocenters. The molecule has 0 radical (unpaired) electrons. The summed E-state index contributed by atoms with van der Waals surface area (Å²) in [7, 11) is 0. The van der Waals surface area contributed by atoms with Gasteiger partial charge in [0.1, 0.15) is 0 Å². The Bertz CT molecular complexity index is 266. The maximum atomic E-state index is 11.1. The van der Waals surface area contributed by atoms with E-state index >= 15 is 0 Å². The molecule has 0 aromatic heterocycles. The van der Waals surface area contributed by atoms with Gasteiger partial charge in [0.15, 0.2) is 11.1 Å². The van der Waals surface area contributed by atoms with Crippen LogP contribution in [0.4, 0.5) is 0 Å². The van der Waals surface area contributed by atoms with Crippen LogP contribution in [0, 0.1) is 0 Å². The van der Waals surface area contributed by atoms with Crippen molar-refractivity contribution in [2.75, 3.05) is 19.0 Å². The Morgan fingerprint density at radius 2 is 1.71 bits per heavy atom. The highest BCUT2D eigenvalue weighted by Crippen LogP contribution is 1.98. The number of hydrogen-bond donors (Lipinski definition) is 1. The minimum Gasteiger partial charge on any atom is -0.466 e. The predicted molar refractivity (Wildman–Crippen MR) is 61.7 cm³/mol. The van der Waals surface area contributed by atoms with Crippen molar-refractivity contribution >= 4 is 23.0 Å². The Morgan fingerprint density at radius 1 is 1.12 bits per heavy atom. The Hall–Kier alpha value is -0.950. The highest BCUT2D eigenvalue weighted by Gasteiger charge is 2.05. The summed E-state index contributed by atoms with van der Waals surface area (Å²) >= 11 is -1.87. The summed E-state index contributed by atoms with van der Waals surface area (Å²) in [5.74, 6) is -0.656. The Labute approximate surface area is 103 Å². The quantitative estimate of drug-likeness (QED) is 0.378. The van der Waals surface area contributed by atoms with E-state index < -0.39 is 17.0 Å². The topological polar surface area (TPSA) is 89.9 Å². The van der Waals surface area contributed by atoms with Crippen molar-refractivity contribution in [1.82, 2.24) is 0 Å². The summed E-state index contributed by atoms with van der Waals surface area (Å²) in [6, 6.07) is 0. The largest absolute Gasteiger partial charge is 0.466 e. The number of rotatable bonds is 9. The molecule has 0 rings (SSSR count). The Kier molecular flexibility index (Phi) is 9.65. The zero-order chi connectivity index (χ0) is 13.1. The molecule has 0 amide bonds. The van der Waals surface area contributed by atoms with Gasteiger partial charge in [-0.3, -0.25) is 9.59 Å². The first-order chi connectivity index (χ1) is 8.06. The number of ether oxygens (including phenoxy) is 2. The summed E-state index contributed by atoms with van der Waals surface area (Å²) in [4.78, 5) is 22.0. The van der Waals surface area contributed by atoms with E-state index in [1.807, 2.05) is 0 Å². The SMILES string of the molecule is CCOC(=O)CCCOC(=O)CCCS(=O)O. The van der Waals surface area contributed by atoms with Gasteiger partial charge in [-0.1, -0.05) is 0 Å². The lowest BCUT2D eigenvalue weighted by Crippen LogP contribution is -2.10. The van der Waals surface area contributed by atoms with E-state index in [0.29, 0.717) is 19.4 Å². The van der Waals surface area contributed by atoms with E-state index in [1.54, 1.807) is 6.92 Å². The van der Waals surface area contributed by atoms with Crippen molar-refractivity contribution in [2.24, 2.45) is 0 Å². The van der Waals surface area contributed by atoms with E-state index in [4.69, 9.17) is 14.0 Å². The normalized spacial score (nSPS) is 11.9. The highest BCUT2D eigenvalue weighted by molar-refractivity contribution is 7.79. The van der Waals surface area contributed by atoms with E-state index in [2.05, 4.69) is 0 Å². The van der Waals surface area contributed by atoms with Gasteiger partial charge in [-0.2, -0.15) is 0 Å². The molecule has 0 fully saturated rings. The van der Waals surface area contributed by atoms with Crippen LogP contribution < -0.4 is 0 Å². The minimum absolute atomic E-state index is 0.0674. The maximum absolute atomic E-state index is 11.1. The molecular formula is C10H18O6S. The first-order valence-corrected chi connectivity index (χ1v) is 6.72. The molecule has 0 aliphatic heterocycles. The van der Waals surface area contributed by atoms with Crippen LogP contribution in [-0.4, -0.2) is 39.7 Å². The fraction of sp³-hybridized carbons (Fsp3) is 0.800. The fourth-order valence-corrected chi connectivity index (χ4v) is 1.44. The zero-order valence-corrected chi connectivity index (χ0v) is 10.7. The summed E-state index contributed by atoms with van der Waals surface area (Å²) in [5.41, 5.74) is 0. The molecular weight excluding hydrogens is 248 g/mol. The lowest BCUT2D eigenvalue weighted by molar-refractivity contribution is -0.147. The summed E-state index contributed by atoms with van der Waals surface area (Å²) in [6.07, 6.45) is 1.09. The van der Waals surface area contributed by atoms with E-state index in [9.17, 15) is 13.8 Å². The number of carbonyl (C=O) groups excluding carboxylic acids is 2. The van der Waals surface area contributed by atoms with Crippen LogP contribution in [0.15, 0.2) is 0 Å². The molecule has 7 heteroatoms. The van der Waals surface area contributed by atoms with Gasteiger partial charge >= 0.3 is 11.9 Å². The molecule has 0 aromatic carbocycles. The highest BCUT2D eigenvalue weighted by atomic mass is 32.2. The first-order valence-electron chi connectivity index (χ1n) is 5.45. The molecule has 0 heterocycles.